The van der Waals surface area contributed by atoms with Crippen LogP contribution in [0.5, 0.6) is 0 Å². The molecule has 0 bridgehead atoms. The Balaban J connectivity index is 1.53. The zero-order valence-electron chi connectivity index (χ0n) is 13.6. The fourth-order valence-electron chi connectivity index (χ4n) is 2.77. The van der Waals surface area contributed by atoms with Gasteiger partial charge >= 0.3 is 0 Å². The number of aryl methyl sites for hydroxylation is 1. The summed E-state index contributed by atoms with van der Waals surface area (Å²) in [7, 11) is 0. The van der Waals surface area contributed by atoms with Gasteiger partial charge in [0.15, 0.2) is 0 Å². The molecule has 2 heterocycles. The van der Waals surface area contributed by atoms with E-state index in [1.54, 1.807) is 31.4 Å². The standard InChI is InChI=1S/C18H21FN2O3/c1-13-9-14(4-5-16(13)19)17-11-21(6-8-24-17)12-18(22)20-10-15-3-2-7-23-15/h2-5,7,9,17H,6,8,10-12H2,1H3,(H,20,22)/t17-/m1/s1. The summed E-state index contributed by atoms with van der Waals surface area (Å²) in [6.07, 6.45) is 1.44. The van der Waals surface area contributed by atoms with Gasteiger partial charge in [0.05, 0.1) is 32.1 Å². The Morgan fingerprint density at radius 1 is 1.42 bits per heavy atom. The lowest BCUT2D eigenvalue weighted by Crippen LogP contribution is -2.44. The molecule has 2 aromatic rings. The monoisotopic (exact) mass is 332 g/mol. The van der Waals surface area contributed by atoms with Gasteiger partial charge in [0, 0.05) is 13.1 Å². The van der Waals surface area contributed by atoms with E-state index < -0.39 is 0 Å². The Bertz CT molecular complexity index is 688. The quantitative estimate of drug-likeness (QED) is 0.914. The number of ether oxygens (including phenoxy) is 1. The van der Waals surface area contributed by atoms with E-state index >= 15 is 0 Å². The molecular formula is C18H21FN2O3. The lowest BCUT2D eigenvalue weighted by atomic mass is 10.0. The largest absolute Gasteiger partial charge is 0.467 e. The summed E-state index contributed by atoms with van der Waals surface area (Å²) in [6, 6.07) is 8.62. The lowest BCUT2D eigenvalue weighted by molar-refractivity contribution is -0.124. The first-order chi connectivity index (χ1) is 11.6. The van der Waals surface area contributed by atoms with Crippen molar-refractivity contribution in [3.05, 3.63) is 59.3 Å². The first-order valence-corrected chi connectivity index (χ1v) is 8.01. The highest BCUT2D eigenvalue weighted by atomic mass is 19.1. The minimum atomic E-state index is -0.219. The van der Waals surface area contributed by atoms with E-state index in [1.165, 1.54) is 6.07 Å². The van der Waals surface area contributed by atoms with E-state index in [1.807, 2.05) is 11.0 Å². The van der Waals surface area contributed by atoms with E-state index in [4.69, 9.17) is 9.15 Å². The van der Waals surface area contributed by atoms with Crippen molar-refractivity contribution in [1.29, 1.82) is 0 Å². The summed E-state index contributed by atoms with van der Waals surface area (Å²) in [4.78, 5) is 14.1. The van der Waals surface area contributed by atoms with Crippen LogP contribution in [0.25, 0.3) is 0 Å². The van der Waals surface area contributed by atoms with E-state index in [0.29, 0.717) is 38.3 Å². The van der Waals surface area contributed by atoms with Gasteiger partial charge in [-0.3, -0.25) is 9.69 Å². The Morgan fingerprint density at radius 3 is 3.04 bits per heavy atom. The number of halogens is 1. The highest BCUT2D eigenvalue weighted by Gasteiger charge is 2.23. The van der Waals surface area contributed by atoms with Crippen LogP contribution in [0.1, 0.15) is 23.0 Å². The Morgan fingerprint density at radius 2 is 2.29 bits per heavy atom. The number of furan rings is 1. The van der Waals surface area contributed by atoms with Gasteiger partial charge in [0.2, 0.25) is 5.91 Å². The molecule has 0 radical (unpaired) electrons. The third-order valence-corrected chi connectivity index (χ3v) is 4.11. The number of hydrogen-bond acceptors (Lipinski definition) is 4. The van der Waals surface area contributed by atoms with Gasteiger partial charge in [0.25, 0.3) is 0 Å². The van der Waals surface area contributed by atoms with Crippen LogP contribution in [-0.2, 0) is 16.1 Å². The molecule has 1 amide bonds. The maximum atomic E-state index is 13.4. The maximum Gasteiger partial charge on any atom is 0.234 e. The van der Waals surface area contributed by atoms with Crippen molar-refractivity contribution in [1.82, 2.24) is 10.2 Å². The average Bonchev–Trinajstić information content (AvgIpc) is 3.09. The second kappa shape index (κ2) is 7.59. The molecular weight excluding hydrogens is 311 g/mol. The molecule has 1 saturated heterocycles. The second-order valence-corrected chi connectivity index (χ2v) is 5.96. The van der Waals surface area contributed by atoms with Gasteiger partial charge in [-0.2, -0.15) is 0 Å². The van der Waals surface area contributed by atoms with Gasteiger partial charge in [-0.1, -0.05) is 12.1 Å². The van der Waals surface area contributed by atoms with Gasteiger partial charge in [0.1, 0.15) is 11.6 Å². The van der Waals surface area contributed by atoms with Crippen molar-refractivity contribution in [3.63, 3.8) is 0 Å². The van der Waals surface area contributed by atoms with E-state index in [-0.39, 0.29) is 17.8 Å². The molecule has 3 rings (SSSR count). The molecule has 1 aliphatic heterocycles. The number of hydrogen-bond donors (Lipinski definition) is 1. The van der Waals surface area contributed by atoms with Gasteiger partial charge in [-0.05, 0) is 36.2 Å². The SMILES string of the molecule is Cc1cc([C@H]2CN(CC(=O)NCc3ccco3)CCO2)ccc1F. The number of nitrogens with zero attached hydrogens (tertiary/aromatic N) is 1. The van der Waals surface area contributed by atoms with Crippen molar-refractivity contribution >= 4 is 5.91 Å². The number of benzene rings is 1. The van der Waals surface area contributed by atoms with Gasteiger partial charge < -0.3 is 14.5 Å². The minimum Gasteiger partial charge on any atom is -0.467 e. The molecule has 24 heavy (non-hydrogen) atoms. The first kappa shape index (κ1) is 16.7. The summed E-state index contributed by atoms with van der Waals surface area (Å²) in [5, 5.41) is 2.84. The molecule has 0 unspecified atom stereocenters. The minimum absolute atomic E-state index is 0.0534. The Kier molecular flexibility index (Phi) is 5.27. The van der Waals surface area contributed by atoms with Crippen molar-refractivity contribution in [3.8, 4) is 0 Å². The summed E-state index contributed by atoms with van der Waals surface area (Å²) in [5.74, 6) is 0.455. The number of carbonyl (C=O) groups excluding carboxylic acids is 1. The average molecular weight is 332 g/mol. The van der Waals surface area contributed by atoms with Crippen LogP contribution >= 0.6 is 0 Å². The zero-order chi connectivity index (χ0) is 16.9. The summed E-state index contributed by atoms with van der Waals surface area (Å²) in [6.45, 7) is 4.29. The van der Waals surface area contributed by atoms with E-state index in [2.05, 4.69) is 5.32 Å². The normalized spacial score (nSPS) is 18.5. The van der Waals surface area contributed by atoms with E-state index in [9.17, 15) is 9.18 Å². The van der Waals surface area contributed by atoms with Crippen molar-refractivity contribution < 1.29 is 18.3 Å². The number of amides is 1. The Hall–Kier alpha value is -2.18. The highest BCUT2D eigenvalue weighted by molar-refractivity contribution is 5.77. The Labute approximate surface area is 140 Å². The molecule has 0 aliphatic carbocycles. The number of morpholine rings is 1. The van der Waals surface area contributed by atoms with Crippen molar-refractivity contribution in [2.75, 3.05) is 26.2 Å². The van der Waals surface area contributed by atoms with Crippen LogP contribution in [0, 0.1) is 12.7 Å². The molecule has 1 aromatic heterocycles. The predicted molar refractivity (Wildman–Crippen MR) is 86.8 cm³/mol. The van der Waals surface area contributed by atoms with Crippen molar-refractivity contribution in [2.24, 2.45) is 0 Å². The molecule has 1 atom stereocenters. The second-order valence-electron chi connectivity index (χ2n) is 5.96. The molecule has 6 heteroatoms. The fraction of sp³-hybridized carbons (Fsp3) is 0.389. The molecule has 0 spiro atoms. The molecule has 1 aromatic carbocycles. The summed E-state index contributed by atoms with van der Waals surface area (Å²) < 4.78 is 24.4. The maximum absolute atomic E-state index is 13.4. The third kappa shape index (κ3) is 4.21. The number of nitrogens with one attached hydrogen (secondary N) is 1. The lowest BCUT2D eigenvalue weighted by Gasteiger charge is -2.32. The predicted octanol–water partition coefficient (Wildman–Crippen LogP) is 2.42. The molecule has 1 aliphatic rings. The molecule has 1 N–H and O–H groups in total. The number of rotatable bonds is 5. The summed E-state index contributed by atoms with van der Waals surface area (Å²) >= 11 is 0. The zero-order valence-corrected chi connectivity index (χ0v) is 13.6. The fourth-order valence-corrected chi connectivity index (χ4v) is 2.77. The van der Waals surface area contributed by atoms with Gasteiger partial charge in [-0.15, -0.1) is 0 Å². The third-order valence-electron chi connectivity index (χ3n) is 4.11. The van der Waals surface area contributed by atoms with Crippen LogP contribution in [0.2, 0.25) is 0 Å². The smallest absolute Gasteiger partial charge is 0.234 e. The molecule has 128 valence electrons. The topological polar surface area (TPSA) is 54.7 Å². The van der Waals surface area contributed by atoms with Crippen LogP contribution in [0.3, 0.4) is 0 Å². The van der Waals surface area contributed by atoms with E-state index in [0.717, 1.165) is 11.3 Å². The first-order valence-electron chi connectivity index (χ1n) is 8.01. The van der Waals surface area contributed by atoms with Crippen LogP contribution < -0.4 is 5.32 Å². The number of carbonyl (C=O) groups is 1. The van der Waals surface area contributed by atoms with Gasteiger partial charge in [-0.25, -0.2) is 4.39 Å². The van der Waals surface area contributed by atoms with Crippen LogP contribution in [0.15, 0.2) is 41.0 Å². The molecule has 1 fully saturated rings. The summed E-state index contributed by atoms with van der Waals surface area (Å²) in [5.41, 5.74) is 1.54. The highest BCUT2D eigenvalue weighted by Crippen LogP contribution is 2.23. The van der Waals surface area contributed by atoms with Crippen LogP contribution in [-0.4, -0.2) is 37.0 Å². The van der Waals surface area contributed by atoms with Crippen LogP contribution in [0.4, 0.5) is 4.39 Å². The molecule has 0 saturated carbocycles. The molecule has 5 nitrogen and oxygen atoms in total. The van der Waals surface area contributed by atoms with Crippen molar-refractivity contribution in [2.45, 2.75) is 19.6 Å².